The van der Waals surface area contributed by atoms with Crippen molar-refractivity contribution < 1.29 is 18.0 Å². The van der Waals surface area contributed by atoms with E-state index in [0.717, 1.165) is 4.31 Å². The van der Waals surface area contributed by atoms with E-state index in [1.807, 2.05) is 0 Å². The molecule has 0 saturated carbocycles. The number of halogens is 4. The number of sulfonamides is 1. The Labute approximate surface area is 242 Å². The van der Waals surface area contributed by atoms with E-state index in [9.17, 15) is 18.0 Å². The van der Waals surface area contributed by atoms with Crippen LogP contribution in [-0.4, -0.2) is 44.8 Å². The monoisotopic (exact) mass is 615 g/mol. The van der Waals surface area contributed by atoms with Gasteiger partial charge in [0.2, 0.25) is 11.8 Å². The van der Waals surface area contributed by atoms with Gasteiger partial charge in [0, 0.05) is 29.2 Å². The molecule has 0 aliphatic carbocycles. The summed E-state index contributed by atoms with van der Waals surface area (Å²) in [6, 6.07) is 15.9. The van der Waals surface area contributed by atoms with Crippen LogP contribution in [0.15, 0.2) is 71.6 Å². The van der Waals surface area contributed by atoms with E-state index in [2.05, 4.69) is 5.32 Å². The third-order valence-electron chi connectivity index (χ3n) is 5.82. The first-order valence-electron chi connectivity index (χ1n) is 11.5. The topological polar surface area (TPSA) is 86.8 Å². The number of rotatable bonds is 10. The lowest BCUT2D eigenvalue weighted by atomic mass is 10.1. The number of nitrogens with zero attached hydrogens (tertiary/aromatic N) is 2. The van der Waals surface area contributed by atoms with Crippen molar-refractivity contribution in [2.24, 2.45) is 0 Å². The fraction of sp³-hybridized carbons (Fsp3) is 0.231. The first-order valence-corrected chi connectivity index (χ1v) is 14.4. The summed E-state index contributed by atoms with van der Waals surface area (Å²) in [4.78, 5) is 27.9. The number of benzene rings is 3. The van der Waals surface area contributed by atoms with Crippen molar-refractivity contribution in [2.45, 2.75) is 30.8 Å². The van der Waals surface area contributed by atoms with E-state index in [1.165, 1.54) is 42.3 Å². The molecule has 0 aliphatic heterocycles. The van der Waals surface area contributed by atoms with Crippen molar-refractivity contribution in [2.75, 3.05) is 17.9 Å². The van der Waals surface area contributed by atoms with E-state index in [0.29, 0.717) is 15.6 Å². The quantitative estimate of drug-likeness (QED) is 0.300. The summed E-state index contributed by atoms with van der Waals surface area (Å²) in [6.07, 6.45) is 0.256. The average molecular weight is 617 g/mol. The molecule has 38 heavy (non-hydrogen) atoms. The Hall–Kier alpha value is -2.49. The molecule has 1 atom stereocenters. The number of anilines is 1. The average Bonchev–Trinajstić information content (AvgIpc) is 2.90. The van der Waals surface area contributed by atoms with Gasteiger partial charge in [-0.15, -0.1) is 0 Å². The van der Waals surface area contributed by atoms with Gasteiger partial charge in [0.25, 0.3) is 10.0 Å². The van der Waals surface area contributed by atoms with E-state index in [-0.39, 0.29) is 33.6 Å². The van der Waals surface area contributed by atoms with Crippen LogP contribution < -0.4 is 9.62 Å². The molecule has 0 saturated heterocycles. The van der Waals surface area contributed by atoms with Crippen LogP contribution in [0.1, 0.15) is 18.9 Å². The Balaban J connectivity index is 2.11. The maximum Gasteiger partial charge on any atom is 0.264 e. The highest BCUT2D eigenvalue weighted by Crippen LogP contribution is 2.32. The minimum absolute atomic E-state index is 0.0297. The van der Waals surface area contributed by atoms with Crippen LogP contribution in [-0.2, 0) is 26.2 Å². The lowest BCUT2D eigenvalue weighted by molar-refractivity contribution is -0.140. The number of nitrogens with one attached hydrogen (secondary N) is 1. The zero-order chi connectivity index (χ0) is 28.0. The Morgan fingerprint density at radius 2 is 1.50 bits per heavy atom. The van der Waals surface area contributed by atoms with Crippen LogP contribution in [0.3, 0.4) is 0 Å². The molecule has 0 bridgehead atoms. The fourth-order valence-electron chi connectivity index (χ4n) is 3.83. The molecule has 2 amide bonds. The van der Waals surface area contributed by atoms with Crippen molar-refractivity contribution in [3.8, 4) is 0 Å². The van der Waals surface area contributed by atoms with Crippen LogP contribution in [0.25, 0.3) is 0 Å². The Morgan fingerprint density at radius 1 is 0.868 bits per heavy atom. The molecule has 0 spiro atoms. The van der Waals surface area contributed by atoms with Crippen LogP contribution in [0.2, 0.25) is 20.1 Å². The van der Waals surface area contributed by atoms with Crippen LogP contribution in [0.4, 0.5) is 5.69 Å². The Kier molecular flexibility index (Phi) is 10.3. The van der Waals surface area contributed by atoms with Crippen LogP contribution in [0, 0.1) is 0 Å². The third kappa shape index (κ3) is 6.74. The summed E-state index contributed by atoms with van der Waals surface area (Å²) in [6.45, 7) is 0.987. The maximum atomic E-state index is 13.9. The molecule has 3 aromatic rings. The number of carbonyl (C=O) groups excluding carboxylic acids is 2. The Morgan fingerprint density at radius 3 is 2.05 bits per heavy atom. The molecule has 0 aromatic heterocycles. The van der Waals surface area contributed by atoms with E-state index in [4.69, 9.17) is 46.4 Å². The first-order chi connectivity index (χ1) is 18.0. The van der Waals surface area contributed by atoms with Crippen molar-refractivity contribution >= 4 is 73.9 Å². The summed E-state index contributed by atoms with van der Waals surface area (Å²) < 4.78 is 28.4. The molecule has 0 radical (unpaired) electrons. The highest BCUT2D eigenvalue weighted by atomic mass is 35.5. The predicted octanol–water partition coefficient (Wildman–Crippen LogP) is 6.05. The zero-order valence-corrected chi connectivity index (χ0v) is 24.3. The normalized spacial score (nSPS) is 12.1. The van der Waals surface area contributed by atoms with Crippen molar-refractivity contribution in [3.05, 3.63) is 92.4 Å². The number of hydrogen-bond acceptors (Lipinski definition) is 4. The molecule has 12 heteroatoms. The lowest BCUT2D eigenvalue weighted by Crippen LogP contribution is -2.51. The lowest BCUT2D eigenvalue weighted by Gasteiger charge is -2.33. The minimum Gasteiger partial charge on any atom is -0.357 e. The summed E-state index contributed by atoms with van der Waals surface area (Å²) in [7, 11) is -2.77. The standard InChI is InChI=1S/C26H25Cl4N3O4S/c1-3-24(26(35)31-2)32(15-19-20(27)10-7-11-21(19)28)25(34)16-33(17-12-13-22(29)23(30)14-17)38(36,37)18-8-5-4-6-9-18/h4-14,24H,3,15-16H2,1-2H3,(H,31,35). The number of amides is 2. The summed E-state index contributed by atoms with van der Waals surface area (Å²) >= 11 is 25.0. The predicted molar refractivity (Wildman–Crippen MR) is 153 cm³/mol. The van der Waals surface area contributed by atoms with Gasteiger partial charge >= 0.3 is 0 Å². The highest BCUT2D eigenvalue weighted by Gasteiger charge is 2.34. The minimum atomic E-state index is -4.23. The third-order valence-corrected chi connectivity index (χ3v) is 9.06. The number of likely N-dealkylation sites (N-methyl/N-ethyl adjacent to an activating group) is 1. The van der Waals surface area contributed by atoms with Gasteiger partial charge in [-0.05, 0) is 48.9 Å². The zero-order valence-electron chi connectivity index (χ0n) is 20.5. The van der Waals surface area contributed by atoms with Gasteiger partial charge in [0.1, 0.15) is 12.6 Å². The molecule has 0 heterocycles. The summed E-state index contributed by atoms with van der Waals surface area (Å²) in [5.41, 5.74) is 0.555. The highest BCUT2D eigenvalue weighted by molar-refractivity contribution is 7.92. The second kappa shape index (κ2) is 13.0. The Bertz CT molecular complexity index is 1400. The van der Waals surface area contributed by atoms with Gasteiger partial charge in [-0.2, -0.15) is 0 Å². The largest absolute Gasteiger partial charge is 0.357 e. The molecular weight excluding hydrogens is 592 g/mol. The van der Waals surface area contributed by atoms with Crippen LogP contribution in [0.5, 0.6) is 0 Å². The molecular formula is C26H25Cl4N3O4S. The van der Waals surface area contributed by atoms with Gasteiger partial charge in [-0.25, -0.2) is 8.42 Å². The van der Waals surface area contributed by atoms with Gasteiger partial charge in [0.05, 0.1) is 20.6 Å². The summed E-state index contributed by atoms with van der Waals surface area (Å²) in [5.74, 6) is -1.07. The smallest absolute Gasteiger partial charge is 0.264 e. The molecule has 1 N–H and O–H groups in total. The van der Waals surface area contributed by atoms with Gasteiger partial charge in [-0.1, -0.05) is 77.6 Å². The van der Waals surface area contributed by atoms with Crippen molar-refractivity contribution in [3.63, 3.8) is 0 Å². The van der Waals surface area contributed by atoms with Crippen molar-refractivity contribution in [1.29, 1.82) is 0 Å². The van der Waals surface area contributed by atoms with Gasteiger partial charge < -0.3 is 10.2 Å². The number of carbonyl (C=O) groups is 2. The van der Waals surface area contributed by atoms with Gasteiger partial charge in [-0.3, -0.25) is 13.9 Å². The van der Waals surface area contributed by atoms with E-state index < -0.39 is 34.4 Å². The molecule has 3 aromatic carbocycles. The van der Waals surface area contributed by atoms with Gasteiger partial charge in [0.15, 0.2) is 0 Å². The van der Waals surface area contributed by atoms with Crippen LogP contribution >= 0.6 is 46.4 Å². The first kappa shape index (κ1) is 30.1. The molecule has 1 unspecified atom stereocenters. The molecule has 202 valence electrons. The van der Waals surface area contributed by atoms with E-state index >= 15 is 0 Å². The second-order valence-corrected chi connectivity index (χ2v) is 11.7. The fourth-order valence-corrected chi connectivity index (χ4v) is 6.06. The molecule has 0 aliphatic rings. The summed E-state index contributed by atoms with van der Waals surface area (Å²) in [5, 5.41) is 3.50. The molecule has 0 fully saturated rings. The molecule has 3 rings (SSSR count). The molecule has 7 nitrogen and oxygen atoms in total. The number of hydrogen-bond donors (Lipinski definition) is 1. The maximum absolute atomic E-state index is 13.9. The van der Waals surface area contributed by atoms with Crippen molar-refractivity contribution in [1.82, 2.24) is 10.2 Å². The SMILES string of the molecule is CCC(C(=O)NC)N(Cc1c(Cl)cccc1Cl)C(=O)CN(c1ccc(Cl)c(Cl)c1)S(=O)(=O)c1ccccc1. The van der Waals surface area contributed by atoms with E-state index in [1.54, 1.807) is 43.3 Å². The second-order valence-electron chi connectivity index (χ2n) is 8.18.